The first-order valence-electron chi connectivity index (χ1n) is 11.6. The summed E-state index contributed by atoms with van der Waals surface area (Å²) in [6.45, 7) is 3.38. The van der Waals surface area contributed by atoms with E-state index in [0.29, 0.717) is 36.3 Å². The standard InChI is InChI=1S/C27H26ClN3O4/c1-19-24(18-30(17-23-9-5-15-33-23)26(32)25-10-6-16-34-25)27(35-22-13-11-20(28)12-14-22)31(29-19)21-7-3-2-4-8-21/h2-4,6-8,10-14,16,23H,5,9,15,17-18H2,1H3/t23-/m0/s1. The quantitative estimate of drug-likeness (QED) is 0.300. The smallest absolute Gasteiger partial charge is 0.289 e. The van der Waals surface area contributed by atoms with Crippen LogP contribution >= 0.6 is 11.6 Å². The van der Waals surface area contributed by atoms with Gasteiger partial charge in [-0.25, -0.2) is 4.68 Å². The molecule has 3 heterocycles. The highest BCUT2D eigenvalue weighted by Crippen LogP contribution is 2.33. The second kappa shape index (κ2) is 10.4. The lowest BCUT2D eigenvalue weighted by molar-refractivity contribution is 0.0482. The van der Waals surface area contributed by atoms with Gasteiger partial charge in [-0.3, -0.25) is 4.79 Å². The second-order valence-electron chi connectivity index (χ2n) is 8.47. The van der Waals surface area contributed by atoms with Crippen molar-refractivity contribution < 1.29 is 18.7 Å². The van der Waals surface area contributed by atoms with E-state index in [2.05, 4.69) is 0 Å². The number of carbonyl (C=O) groups is 1. The lowest BCUT2D eigenvalue weighted by Gasteiger charge is -2.25. The summed E-state index contributed by atoms with van der Waals surface area (Å²) in [4.78, 5) is 15.1. The highest BCUT2D eigenvalue weighted by atomic mass is 35.5. The molecule has 8 heteroatoms. The molecule has 1 saturated heterocycles. The Kier molecular flexibility index (Phi) is 6.88. The van der Waals surface area contributed by atoms with Crippen LogP contribution in [0.15, 0.2) is 77.4 Å². The predicted octanol–water partition coefficient (Wildman–Crippen LogP) is 6.04. The van der Waals surface area contributed by atoms with Crippen molar-refractivity contribution in [1.82, 2.24) is 14.7 Å². The van der Waals surface area contributed by atoms with Crippen LogP contribution in [0.4, 0.5) is 0 Å². The van der Waals surface area contributed by atoms with Crippen LogP contribution in [0.2, 0.25) is 5.02 Å². The van der Waals surface area contributed by atoms with Crippen molar-refractivity contribution in [3.8, 4) is 17.3 Å². The monoisotopic (exact) mass is 491 g/mol. The number of hydrogen-bond donors (Lipinski definition) is 0. The van der Waals surface area contributed by atoms with Gasteiger partial charge >= 0.3 is 0 Å². The lowest BCUT2D eigenvalue weighted by atomic mass is 10.1. The average Bonchev–Trinajstić information content (AvgIpc) is 3.64. The number of amides is 1. The Hall–Kier alpha value is -3.55. The Morgan fingerprint density at radius 2 is 1.94 bits per heavy atom. The van der Waals surface area contributed by atoms with Crippen molar-refractivity contribution in [2.75, 3.05) is 13.2 Å². The molecular formula is C27H26ClN3O4. The fraction of sp³-hybridized carbons (Fsp3) is 0.259. The molecule has 4 aromatic rings. The van der Waals surface area contributed by atoms with Gasteiger partial charge in [0.05, 0.1) is 35.9 Å². The molecular weight excluding hydrogens is 466 g/mol. The summed E-state index contributed by atoms with van der Waals surface area (Å²) in [5.74, 6) is 1.25. The van der Waals surface area contributed by atoms with Crippen LogP contribution in [-0.4, -0.2) is 39.8 Å². The highest BCUT2D eigenvalue weighted by Gasteiger charge is 2.28. The number of carbonyl (C=O) groups excluding carboxylic acids is 1. The average molecular weight is 492 g/mol. The molecule has 1 amide bonds. The first-order valence-corrected chi connectivity index (χ1v) is 12.0. The second-order valence-corrected chi connectivity index (χ2v) is 8.91. The third kappa shape index (κ3) is 5.26. The number of rotatable bonds is 8. The highest BCUT2D eigenvalue weighted by molar-refractivity contribution is 6.30. The summed E-state index contributed by atoms with van der Waals surface area (Å²) < 4.78 is 19.4. The van der Waals surface area contributed by atoms with Crippen LogP contribution in [-0.2, 0) is 11.3 Å². The normalized spacial score (nSPS) is 15.3. The van der Waals surface area contributed by atoms with Crippen LogP contribution in [0.1, 0.15) is 34.7 Å². The largest absolute Gasteiger partial charge is 0.459 e. The fourth-order valence-electron chi connectivity index (χ4n) is 4.18. The van der Waals surface area contributed by atoms with E-state index in [4.69, 9.17) is 30.6 Å². The molecule has 1 aliphatic rings. The number of para-hydroxylation sites is 1. The van der Waals surface area contributed by atoms with Crippen LogP contribution in [0.5, 0.6) is 11.6 Å². The van der Waals surface area contributed by atoms with Crippen molar-refractivity contribution in [3.63, 3.8) is 0 Å². The van der Waals surface area contributed by atoms with E-state index >= 15 is 0 Å². The third-order valence-corrected chi connectivity index (χ3v) is 6.23. The van der Waals surface area contributed by atoms with Gasteiger partial charge in [0.25, 0.3) is 5.91 Å². The molecule has 0 saturated carbocycles. The van der Waals surface area contributed by atoms with Crippen LogP contribution < -0.4 is 4.74 Å². The Labute approximate surface area is 208 Å². The molecule has 180 valence electrons. The van der Waals surface area contributed by atoms with E-state index in [1.807, 2.05) is 49.4 Å². The molecule has 0 unspecified atom stereocenters. The van der Waals surface area contributed by atoms with Gasteiger partial charge < -0.3 is 18.8 Å². The number of nitrogens with zero attached hydrogens (tertiary/aromatic N) is 3. The van der Waals surface area contributed by atoms with Crippen LogP contribution in [0, 0.1) is 6.92 Å². The SMILES string of the molecule is Cc1nn(-c2ccccc2)c(Oc2ccc(Cl)cc2)c1CN(C[C@@H]1CCCO1)C(=O)c1ccco1. The number of furan rings is 1. The van der Waals surface area contributed by atoms with Gasteiger partial charge in [0.1, 0.15) is 5.75 Å². The predicted molar refractivity (Wildman–Crippen MR) is 132 cm³/mol. The van der Waals surface area contributed by atoms with E-state index in [9.17, 15) is 4.79 Å². The van der Waals surface area contributed by atoms with Crippen LogP contribution in [0.3, 0.4) is 0 Å². The number of aryl methyl sites for hydroxylation is 1. The molecule has 35 heavy (non-hydrogen) atoms. The van der Waals surface area contributed by atoms with Crippen molar-refractivity contribution >= 4 is 17.5 Å². The minimum Gasteiger partial charge on any atom is -0.459 e. The lowest BCUT2D eigenvalue weighted by Crippen LogP contribution is -2.37. The van der Waals surface area contributed by atoms with Gasteiger partial charge in [0.15, 0.2) is 5.76 Å². The van der Waals surface area contributed by atoms with E-state index in [1.165, 1.54) is 6.26 Å². The zero-order valence-electron chi connectivity index (χ0n) is 19.4. The molecule has 1 aliphatic heterocycles. The Morgan fingerprint density at radius 3 is 2.63 bits per heavy atom. The zero-order valence-corrected chi connectivity index (χ0v) is 20.1. The first-order chi connectivity index (χ1) is 17.1. The molecule has 0 bridgehead atoms. The van der Waals surface area contributed by atoms with Gasteiger partial charge in [0.2, 0.25) is 5.88 Å². The molecule has 1 atom stereocenters. The Morgan fingerprint density at radius 1 is 1.14 bits per heavy atom. The molecule has 0 spiro atoms. The van der Waals surface area contributed by atoms with Gasteiger partial charge in [-0.2, -0.15) is 5.10 Å². The minimum absolute atomic E-state index is 0.0148. The topological polar surface area (TPSA) is 69.7 Å². The van der Waals surface area contributed by atoms with Gasteiger partial charge in [-0.15, -0.1) is 0 Å². The minimum atomic E-state index is -0.199. The number of halogens is 1. The van der Waals surface area contributed by atoms with E-state index < -0.39 is 0 Å². The number of hydrogen-bond acceptors (Lipinski definition) is 5. The van der Waals surface area contributed by atoms with Crippen molar-refractivity contribution in [2.24, 2.45) is 0 Å². The van der Waals surface area contributed by atoms with Gasteiger partial charge in [-0.1, -0.05) is 29.8 Å². The summed E-state index contributed by atoms with van der Waals surface area (Å²) in [5.41, 5.74) is 2.43. The Bertz CT molecular complexity index is 1260. The summed E-state index contributed by atoms with van der Waals surface area (Å²) in [5, 5.41) is 5.40. The van der Waals surface area contributed by atoms with E-state index in [-0.39, 0.29) is 17.8 Å². The maximum absolute atomic E-state index is 13.4. The van der Waals surface area contributed by atoms with Gasteiger partial charge in [-0.05, 0) is 68.3 Å². The molecule has 5 rings (SSSR count). The molecule has 2 aromatic heterocycles. The number of aromatic nitrogens is 2. The van der Waals surface area contributed by atoms with E-state index in [1.54, 1.807) is 33.8 Å². The number of benzene rings is 2. The third-order valence-electron chi connectivity index (χ3n) is 5.98. The summed E-state index contributed by atoms with van der Waals surface area (Å²) in [7, 11) is 0. The van der Waals surface area contributed by atoms with Crippen molar-refractivity contribution in [3.05, 3.63) is 95.0 Å². The Balaban J connectivity index is 1.53. The van der Waals surface area contributed by atoms with Crippen LogP contribution in [0.25, 0.3) is 5.69 Å². The number of ether oxygens (including phenoxy) is 2. The molecule has 1 fully saturated rings. The zero-order chi connectivity index (χ0) is 24.2. The molecule has 0 N–H and O–H groups in total. The molecule has 0 aliphatic carbocycles. The molecule has 2 aromatic carbocycles. The summed E-state index contributed by atoms with van der Waals surface area (Å²) in [6, 6.07) is 20.3. The fourth-order valence-corrected chi connectivity index (χ4v) is 4.31. The molecule has 0 radical (unpaired) electrons. The first kappa shape index (κ1) is 23.2. The van der Waals surface area contributed by atoms with Crippen molar-refractivity contribution in [1.29, 1.82) is 0 Å². The maximum atomic E-state index is 13.4. The molecule has 7 nitrogen and oxygen atoms in total. The maximum Gasteiger partial charge on any atom is 0.289 e. The summed E-state index contributed by atoms with van der Waals surface area (Å²) in [6.07, 6.45) is 3.39. The van der Waals surface area contributed by atoms with Gasteiger partial charge in [0, 0.05) is 18.2 Å². The van der Waals surface area contributed by atoms with E-state index in [0.717, 1.165) is 29.8 Å². The summed E-state index contributed by atoms with van der Waals surface area (Å²) >= 11 is 6.07. The van der Waals surface area contributed by atoms with Crippen molar-refractivity contribution in [2.45, 2.75) is 32.4 Å².